The van der Waals surface area contributed by atoms with Crippen LogP contribution in [-0.2, 0) is 11.3 Å². The number of methoxy groups -OCH3 is 1. The van der Waals surface area contributed by atoms with Crippen LogP contribution in [0.15, 0.2) is 53.8 Å². The molecule has 2 aliphatic heterocycles. The lowest BCUT2D eigenvalue weighted by molar-refractivity contribution is 0.0593. The first-order valence-electron chi connectivity index (χ1n) is 9.93. The van der Waals surface area contributed by atoms with Crippen LogP contribution in [0.3, 0.4) is 0 Å². The molecule has 8 nitrogen and oxygen atoms in total. The molecule has 5 rings (SSSR count). The summed E-state index contributed by atoms with van der Waals surface area (Å²) < 4.78 is 6.67. The SMILES string of the molecule is COC(=O)c1cncc(N2C[C@@H]3C[C@H](C2)c2cc(-c4cccnc4)cc(=O)n2C3)n1. The highest BCUT2D eigenvalue weighted by Gasteiger charge is 2.35. The number of carbonyl (C=O) groups excluding carboxylic acids is 1. The molecule has 0 N–H and O–H groups in total. The van der Waals surface area contributed by atoms with Gasteiger partial charge in [0.15, 0.2) is 5.69 Å². The van der Waals surface area contributed by atoms with Crippen LogP contribution >= 0.6 is 0 Å². The highest BCUT2D eigenvalue weighted by Crippen LogP contribution is 2.37. The summed E-state index contributed by atoms with van der Waals surface area (Å²) in [5.41, 5.74) is 3.09. The number of hydrogen-bond donors (Lipinski definition) is 0. The van der Waals surface area contributed by atoms with Gasteiger partial charge in [0.2, 0.25) is 0 Å². The van der Waals surface area contributed by atoms with Gasteiger partial charge in [0, 0.05) is 55.3 Å². The maximum Gasteiger partial charge on any atom is 0.358 e. The van der Waals surface area contributed by atoms with E-state index < -0.39 is 5.97 Å². The van der Waals surface area contributed by atoms with Gasteiger partial charge in [-0.25, -0.2) is 9.78 Å². The van der Waals surface area contributed by atoms with Gasteiger partial charge >= 0.3 is 5.97 Å². The average Bonchev–Trinajstić information content (AvgIpc) is 2.79. The van der Waals surface area contributed by atoms with E-state index in [0.717, 1.165) is 29.8 Å². The number of aromatic nitrogens is 4. The molecule has 8 heteroatoms. The summed E-state index contributed by atoms with van der Waals surface area (Å²) >= 11 is 0. The maximum absolute atomic E-state index is 12.8. The summed E-state index contributed by atoms with van der Waals surface area (Å²) in [5, 5.41) is 0. The fourth-order valence-corrected chi connectivity index (χ4v) is 4.56. The van der Waals surface area contributed by atoms with Crippen molar-refractivity contribution in [2.24, 2.45) is 5.92 Å². The minimum Gasteiger partial charge on any atom is -0.464 e. The van der Waals surface area contributed by atoms with Gasteiger partial charge in [-0.1, -0.05) is 6.07 Å². The third-order valence-corrected chi connectivity index (χ3v) is 5.89. The number of esters is 1. The highest BCUT2D eigenvalue weighted by molar-refractivity contribution is 5.87. The van der Waals surface area contributed by atoms with Crippen molar-refractivity contribution in [2.75, 3.05) is 25.1 Å². The van der Waals surface area contributed by atoms with Crippen molar-refractivity contribution in [1.82, 2.24) is 19.5 Å². The van der Waals surface area contributed by atoms with Crippen molar-refractivity contribution in [1.29, 1.82) is 0 Å². The van der Waals surface area contributed by atoms with Crippen molar-refractivity contribution in [3.05, 3.63) is 70.8 Å². The van der Waals surface area contributed by atoms with Crippen molar-refractivity contribution >= 4 is 11.8 Å². The van der Waals surface area contributed by atoms with Crippen LogP contribution in [0.5, 0.6) is 0 Å². The number of piperidine rings is 1. The molecule has 1 fully saturated rings. The zero-order valence-corrected chi connectivity index (χ0v) is 16.6. The lowest BCUT2D eigenvalue weighted by Crippen LogP contribution is -2.47. The number of carbonyl (C=O) groups is 1. The van der Waals surface area contributed by atoms with Crippen LogP contribution in [-0.4, -0.2) is 45.7 Å². The third-order valence-electron chi connectivity index (χ3n) is 5.89. The van der Waals surface area contributed by atoms with Gasteiger partial charge in [0.1, 0.15) is 5.82 Å². The van der Waals surface area contributed by atoms with Gasteiger partial charge in [-0.15, -0.1) is 0 Å². The van der Waals surface area contributed by atoms with E-state index in [4.69, 9.17) is 4.74 Å². The van der Waals surface area contributed by atoms with Crippen LogP contribution in [0.1, 0.15) is 28.5 Å². The molecule has 2 atom stereocenters. The van der Waals surface area contributed by atoms with E-state index in [1.54, 1.807) is 24.7 Å². The Morgan fingerprint density at radius 1 is 1.10 bits per heavy atom. The summed E-state index contributed by atoms with van der Waals surface area (Å²) in [6.45, 7) is 2.16. The topological polar surface area (TPSA) is 90.2 Å². The standard InChI is InChI=1S/C22H21N5O3/c1-30-22(29)18-9-24-10-20(25-18)26-11-14-5-17(13-26)19-6-16(7-21(28)27(19)12-14)15-3-2-4-23-8-15/h2-4,6-10,14,17H,5,11-13H2,1H3/t14-,17+/m0/s1. The lowest BCUT2D eigenvalue weighted by atomic mass is 9.82. The van der Waals surface area contributed by atoms with E-state index in [1.807, 2.05) is 16.7 Å². The number of fused-ring (bicyclic) bond motifs is 4. The number of anilines is 1. The number of hydrogen-bond acceptors (Lipinski definition) is 7. The Labute approximate surface area is 173 Å². The molecule has 3 aromatic rings. The molecule has 1 saturated heterocycles. The first kappa shape index (κ1) is 18.5. The Morgan fingerprint density at radius 3 is 2.80 bits per heavy atom. The molecule has 152 valence electrons. The molecule has 0 saturated carbocycles. The quantitative estimate of drug-likeness (QED) is 0.619. The lowest BCUT2D eigenvalue weighted by Gasteiger charge is -2.43. The summed E-state index contributed by atoms with van der Waals surface area (Å²) in [5.74, 6) is 0.693. The Morgan fingerprint density at radius 2 is 2.00 bits per heavy atom. The molecular formula is C22H21N5O3. The first-order chi connectivity index (χ1) is 14.6. The van der Waals surface area contributed by atoms with E-state index >= 15 is 0 Å². The normalized spacial score (nSPS) is 19.8. The minimum atomic E-state index is -0.500. The zero-order valence-electron chi connectivity index (χ0n) is 16.6. The predicted octanol–water partition coefficient (Wildman–Crippen LogP) is 2.11. The molecule has 2 aliphatic rings. The number of nitrogens with zero attached hydrogens (tertiary/aromatic N) is 5. The Kier molecular flexibility index (Phi) is 4.54. The van der Waals surface area contributed by atoms with Crippen LogP contribution in [0.2, 0.25) is 0 Å². The molecule has 5 heterocycles. The van der Waals surface area contributed by atoms with Crippen molar-refractivity contribution in [3.63, 3.8) is 0 Å². The molecule has 30 heavy (non-hydrogen) atoms. The minimum absolute atomic E-state index is 0.0296. The number of ether oxygens (including phenoxy) is 1. The van der Waals surface area contributed by atoms with Crippen LogP contribution in [0.25, 0.3) is 11.1 Å². The predicted molar refractivity (Wildman–Crippen MR) is 110 cm³/mol. The van der Waals surface area contributed by atoms with Crippen molar-refractivity contribution in [2.45, 2.75) is 18.9 Å². The smallest absolute Gasteiger partial charge is 0.358 e. The molecule has 0 spiro atoms. The Hall–Kier alpha value is -3.55. The third kappa shape index (κ3) is 3.24. The second-order valence-corrected chi connectivity index (χ2v) is 7.82. The average molecular weight is 403 g/mol. The monoisotopic (exact) mass is 403 g/mol. The van der Waals surface area contributed by atoms with E-state index in [0.29, 0.717) is 24.8 Å². The van der Waals surface area contributed by atoms with E-state index in [2.05, 4.69) is 25.9 Å². The van der Waals surface area contributed by atoms with Gasteiger partial charge in [0.05, 0.1) is 19.5 Å². The van der Waals surface area contributed by atoms with Crippen molar-refractivity contribution in [3.8, 4) is 11.1 Å². The number of pyridine rings is 2. The Balaban J connectivity index is 1.49. The Bertz CT molecular complexity index is 1160. The van der Waals surface area contributed by atoms with Crippen LogP contribution < -0.4 is 10.5 Å². The molecule has 0 aromatic carbocycles. The van der Waals surface area contributed by atoms with Gasteiger partial charge < -0.3 is 14.2 Å². The summed E-state index contributed by atoms with van der Waals surface area (Å²) in [6.07, 6.45) is 7.61. The molecule has 0 amide bonds. The van der Waals surface area contributed by atoms with Gasteiger partial charge in [-0.05, 0) is 30.0 Å². The summed E-state index contributed by atoms with van der Waals surface area (Å²) in [6, 6.07) is 7.65. The second-order valence-electron chi connectivity index (χ2n) is 7.82. The number of rotatable bonds is 3. The van der Waals surface area contributed by atoms with E-state index in [9.17, 15) is 9.59 Å². The zero-order chi connectivity index (χ0) is 20.7. The summed E-state index contributed by atoms with van der Waals surface area (Å²) in [4.78, 5) is 39.6. The molecule has 2 bridgehead atoms. The fourth-order valence-electron chi connectivity index (χ4n) is 4.56. The first-order valence-corrected chi connectivity index (χ1v) is 9.93. The van der Waals surface area contributed by atoms with Crippen LogP contribution in [0.4, 0.5) is 5.82 Å². The van der Waals surface area contributed by atoms with Gasteiger partial charge in [0.25, 0.3) is 5.56 Å². The molecular weight excluding hydrogens is 382 g/mol. The van der Waals surface area contributed by atoms with Gasteiger partial charge in [-0.2, -0.15) is 0 Å². The van der Waals surface area contributed by atoms with E-state index in [1.165, 1.54) is 13.3 Å². The molecule has 3 aromatic heterocycles. The van der Waals surface area contributed by atoms with E-state index in [-0.39, 0.29) is 17.2 Å². The largest absolute Gasteiger partial charge is 0.464 e. The second kappa shape index (κ2) is 7.37. The fraction of sp³-hybridized carbons (Fsp3) is 0.318. The van der Waals surface area contributed by atoms with Crippen LogP contribution in [0, 0.1) is 5.92 Å². The maximum atomic E-state index is 12.8. The highest BCUT2D eigenvalue weighted by atomic mass is 16.5. The summed E-state index contributed by atoms with van der Waals surface area (Å²) in [7, 11) is 1.33. The molecule has 0 aliphatic carbocycles. The van der Waals surface area contributed by atoms with Crippen molar-refractivity contribution < 1.29 is 9.53 Å². The molecule has 0 radical (unpaired) electrons. The molecule has 0 unspecified atom stereocenters. The van der Waals surface area contributed by atoms with Gasteiger partial charge in [-0.3, -0.25) is 14.8 Å².